The van der Waals surface area contributed by atoms with E-state index in [1.54, 1.807) is 4.90 Å². The van der Waals surface area contributed by atoms with Gasteiger partial charge in [0.05, 0.1) is 12.7 Å². The number of benzene rings is 1. The Morgan fingerprint density at radius 3 is 2.80 bits per heavy atom. The van der Waals surface area contributed by atoms with Crippen LogP contribution in [0.3, 0.4) is 0 Å². The van der Waals surface area contributed by atoms with Crippen molar-refractivity contribution in [1.29, 1.82) is 0 Å². The molecule has 1 saturated heterocycles. The summed E-state index contributed by atoms with van der Waals surface area (Å²) in [4.78, 5) is 13.1. The summed E-state index contributed by atoms with van der Waals surface area (Å²) in [6.45, 7) is 2.57. The number of hydrogen-bond acceptors (Lipinski definition) is 2. The first-order valence-corrected chi connectivity index (χ1v) is 5.22. The quantitative estimate of drug-likeness (QED) is 0.777. The number of rotatable bonds is 2. The molecule has 0 aromatic heterocycles. The Kier molecular flexibility index (Phi) is 2.73. The predicted molar refractivity (Wildman–Crippen MR) is 59.4 cm³/mol. The molecule has 1 amide bonds. The lowest BCUT2D eigenvalue weighted by molar-refractivity contribution is -0.126. The summed E-state index contributed by atoms with van der Waals surface area (Å²) >= 11 is 0. The van der Waals surface area contributed by atoms with E-state index in [4.69, 9.17) is 0 Å². The molecule has 0 aliphatic carbocycles. The largest absolute Gasteiger partial charge is 0.329 e. The van der Waals surface area contributed by atoms with Crippen molar-refractivity contribution in [3.05, 3.63) is 35.4 Å². The topological polar surface area (TPSA) is 32.3 Å². The Morgan fingerprint density at radius 2 is 2.20 bits per heavy atom. The lowest BCUT2D eigenvalue weighted by atomic mass is 10.0. The van der Waals surface area contributed by atoms with Gasteiger partial charge in [-0.15, -0.1) is 0 Å². The van der Waals surface area contributed by atoms with Gasteiger partial charge in [-0.2, -0.15) is 0 Å². The number of amides is 1. The van der Waals surface area contributed by atoms with E-state index in [0.717, 1.165) is 6.42 Å². The first kappa shape index (κ1) is 10.2. The molecular weight excluding hydrogens is 188 g/mol. The molecule has 15 heavy (non-hydrogen) atoms. The molecule has 1 aliphatic heterocycles. The fourth-order valence-electron chi connectivity index (χ4n) is 1.90. The third kappa shape index (κ3) is 2.02. The number of nitrogens with one attached hydrogen (secondary N) is 1. The van der Waals surface area contributed by atoms with Gasteiger partial charge in [0.2, 0.25) is 5.91 Å². The fourth-order valence-corrected chi connectivity index (χ4v) is 1.90. The Balaban J connectivity index is 2.10. The molecule has 1 aromatic carbocycles. The smallest absolute Gasteiger partial charge is 0.237 e. The molecule has 0 radical (unpaired) electrons. The second-order valence-electron chi connectivity index (χ2n) is 4.03. The van der Waals surface area contributed by atoms with Crippen molar-refractivity contribution in [2.75, 3.05) is 13.6 Å². The summed E-state index contributed by atoms with van der Waals surface area (Å²) in [6.07, 6.45) is 1.04. The van der Waals surface area contributed by atoms with Gasteiger partial charge in [-0.1, -0.05) is 24.3 Å². The van der Waals surface area contributed by atoms with Crippen LogP contribution in [0.15, 0.2) is 24.3 Å². The summed E-state index contributed by atoms with van der Waals surface area (Å²) in [6, 6.07) is 8.30. The van der Waals surface area contributed by atoms with Crippen molar-refractivity contribution in [1.82, 2.24) is 10.2 Å². The number of carbonyl (C=O) groups is 1. The highest BCUT2D eigenvalue weighted by atomic mass is 16.2. The van der Waals surface area contributed by atoms with Gasteiger partial charge >= 0.3 is 0 Å². The summed E-state index contributed by atoms with van der Waals surface area (Å²) in [7, 11) is 1.85. The van der Waals surface area contributed by atoms with Crippen molar-refractivity contribution in [2.24, 2.45) is 0 Å². The van der Waals surface area contributed by atoms with Gasteiger partial charge < -0.3 is 4.90 Å². The van der Waals surface area contributed by atoms with Gasteiger partial charge in [0, 0.05) is 13.5 Å². The number of hydrogen-bond donors (Lipinski definition) is 1. The van der Waals surface area contributed by atoms with Crippen LogP contribution < -0.4 is 5.32 Å². The predicted octanol–water partition coefficient (Wildman–Crippen LogP) is 0.925. The molecule has 1 heterocycles. The Bertz CT molecular complexity index is 376. The first-order chi connectivity index (χ1) is 7.18. The van der Waals surface area contributed by atoms with Crippen molar-refractivity contribution >= 4 is 5.91 Å². The average molecular weight is 204 g/mol. The van der Waals surface area contributed by atoms with E-state index in [2.05, 4.69) is 24.4 Å². The molecule has 1 fully saturated rings. The molecule has 1 N–H and O–H groups in total. The second-order valence-corrected chi connectivity index (χ2v) is 4.03. The molecule has 0 saturated carbocycles. The van der Waals surface area contributed by atoms with Crippen molar-refractivity contribution < 1.29 is 4.79 Å². The van der Waals surface area contributed by atoms with Crippen LogP contribution in [0.2, 0.25) is 0 Å². The lowest BCUT2D eigenvalue weighted by Gasteiger charge is -2.20. The zero-order chi connectivity index (χ0) is 10.8. The summed E-state index contributed by atoms with van der Waals surface area (Å²) < 4.78 is 0. The maximum Gasteiger partial charge on any atom is 0.237 e. The SMILES string of the molecule is Cc1ccccc1C[C@@H]1NCC(=O)N1C. The van der Waals surface area contributed by atoms with Gasteiger partial charge in [0.25, 0.3) is 0 Å². The third-order valence-electron chi connectivity index (χ3n) is 3.02. The average Bonchev–Trinajstić information content (AvgIpc) is 2.53. The van der Waals surface area contributed by atoms with Gasteiger partial charge in [0.15, 0.2) is 0 Å². The van der Waals surface area contributed by atoms with E-state index in [9.17, 15) is 4.79 Å². The zero-order valence-electron chi connectivity index (χ0n) is 9.16. The van der Waals surface area contributed by atoms with Crippen molar-refractivity contribution in [3.8, 4) is 0 Å². The Hall–Kier alpha value is -1.35. The highest BCUT2D eigenvalue weighted by Gasteiger charge is 2.26. The van der Waals surface area contributed by atoms with Gasteiger partial charge in [-0.05, 0) is 18.1 Å². The Morgan fingerprint density at radius 1 is 1.47 bits per heavy atom. The van der Waals surface area contributed by atoms with Crippen LogP contribution in [-0.4, -0.2) is 30.6 Å². The number of aryl methyl sites for hydroxylation is 1. The first-order valence-electron chi connectivity index (χ1n) is 5.22. The van der Waals surface area contributed by atoms with Crippen LogP contribution in [0.4, 0.5) is 0 Å². The molecule has 3 nitrogen and oxygen atoms in total. The molecule has 2 rings (SSSR count). The van der Waals surface area contributed by atoms with E-state index in [0.29, 0.717) is 6.54 Å². The molecule has 80 valence electrons. The Labute approximate surface area is 90.1 Å². The molecule has 3 heteroatoms. The normalized spacial score (nSPS) is 21.1. The van der Waals surface area contributed by atoms with Crippen LogP contribution in [-0.2, 0) is 11.2 Å². The minimum atomic E-state index is 0.151. The van der Waals surface area contributed by atoms with Crippen LogP contribution in [0, 0.1) is 6.92 Å². The molecule has 1 atom stereocenters. The highest BCUT2D eigenvalue weighted by molar-refractivity contribution is 5.80. The van der Waals surface area contributed by atoms with E-state index in [1.165, 1.54) is 11.1 Å². The summed E-state index contributed by atoms with van der Waals surface area (Å²) in [5.74, 6) is 0.175. The molecule has 1 aromatic rings. The zero-order valence-corrected chi connectivity index (χ0v) is 9.16. The van der Waals surface area contributed by atoms with Crippen LogP contribution in [0.1, 0.15) is 11.1 Å². The maximum atomic E-state index is 11.3. The second kappa shape index (κ2) is 4.03. The minimum Gasteiger partial charge on any atom is -0.329 e. The van der Waals surface area contributed by atoms with E-state index >= 15 is 0 Å². The summed E-state index contributed by atoms with van der Waals surface area (Å²) in [5, 5.41) is 3.21. The van der Waals surface area contributed by atoms with Gasteiger partial charge in [-0.3, -0.25) is 10.1 Å². The third-order valence-corrected chi connectivity index (χ3v) is 3.02. The molecule has 0 bridgehead atoms. The lowest BCUT2D eigenvalue weighted by Crippen LogP contribution is -2.36. The summed E-state index contributed by atoms with van der Waals surface area (Å²) in [5.41, 5.74) is 2.59. The van der Waals surface area contributed by atoms with Gasteiger partial charge in [0.1, 0.15) is 0 Å². The van der Waals surface area contributed by atoms with Crippen molar-refractivity contribution in [3.63, 3.8) is 0 Å². The standard InChI is InChI=1S/C12H16N2O/c1-9-5-3-4-6-10(9)7-11-13-8-12(15)14(11)2/h3-6,11,13H,7-8H2,1-2H3/t11-/m1/s1. The van der Waals surface area contributed by atoms with Crippen molar-refractivity contribution in [2.45, 2.75) is 19.5 Å². The van der Waals surface area contributed by atoms with E-state index in [-0.39, 0.29) is 12.1 Å². The van der Waals surface area contributed by atoms with Gasteiger partial charge in [-0.25, -0.2) is 0 Å². The molecule has 0 spiro atoms. The van der Waals surface area contributed by atoms with E-state index in [1.807, 2.05) is 19.2 Å². The number of nitrogens with zero attached hydrogens (tertiary/aromatic N) is 1. The highest BCUT2D eigenvalue weighted by Crippen LogP contribution is 2.13. The fraction of sp³-hybridized carbons (Fsp3) is 0.417. The number of likely N-dealkylation sites (N-methyl/N-ethyl adjacent to an activating group) is 1. The van der Waals surface area contributed by atoms with E-state index < -0.39 is 0 Å². The molecular formula is C12H16N2O. The number of carbonyl (C=O) groups excluding carboxylic acids is 1. The van der Waals surface area contributed by atoms with Crippen LogP contribution >= 0.6 is 0 Å². The van der Waals surface area contributed by atoms with Crippen LogP contribution in [0.5, 0.6) is 0 Å². The molecule has 0 unspecified atom stereocenters. The minimum absolute atomic E-state index is 0.151. The monoisotopic (exact) mass is 204 g/mol. The van der Waals surface area contributed by atoms with Crippen LogP contribution in [0.25, 0.3) is 0 Å². The maximum absolute atomic E-state index is 11.3. The molecule has 1 aliphatic rings.